The molecule has 2 heteroatoms. The summed E-state index contributed by atoms with van der Waals surface area (Å²) in [5.41, 5.74) is 3.45. The molecule has 0 unspecified atom stereocenters. The van der Waals surface area contributed by atoms with Crippen LogP contribution in [0.2, 0.25) is 0 Å². The molecule has 0 atom stereocenters. The number of oxazole rings is 1. The molecule has 0 fully saturated rings. The van der Waals surface area contributed by atoms with Crippen LogP contribution < -0.4 is 4.57 Å². The highest BCUT2D eigenvalue weighted by atomic mass is 16.3. The van der Waals surface area contributed by atoms with Crippen molar-refractivity contribution in [2.75, 3.05) is 0 Å². The average Bonchev–Trinajstić information content (AvgIpc) is 2.80. The number of para-hydroxylation sites is 2. The van der Waals surface area contributed by atoms with Crippen molar-refractivity contribution in [3.05, 3.63) is 47.9 Å². The Morgan fingerprint density at radius 2 is 2.00 bits per heavy atom. The molecule has 19 heavy (non-hydrogen) atoms. The second-order valence-corrected chi connectivity index (χ2v) is 4.53. The van der Waals surface area contributed by atoms with Gasteiger partial charge in [-0.2, -0.15) is 4.57 Å². The molecule has 1 aromatic carbocycles. The maximum atomic E-state index is 5.91. The first-order valence-electron chi connectivity index (χ1n) is 7.08. The molecule has 0 aliphatic rings. The summed E-state index contributed by atoms with van der Waals surface area (Å²) in [4.78, 5) is 0. The molecule has 0 spiro atoms. The summed E-state index contributed by atoms with van der Waals surface area (Å²) in [5, 5.41) is 0. The molecule has 0 aliphatic carbocycles. The molecule has 100 valence electrons. The van der Waals surface area contributed by atoms with Crippen LogP contribution in [0.4, 0.5) is 0 Å². The Morgan fingerprint density at radius 1 is 1.21 bits per heavy atom. The third-order valence-corrected chi connectivity index (χ3v) is 3.27. The summed E-state index contributed by atoms with van der Waals surface area (Å²) in [6.45, 7) is 7.40. The van der Waals surface area contributed by atoms with Gasteiger partial charge in [-0.15, -0.1) is 0 Å². The fraction of sp³-hybridized carbons (Fsp3) is 0.353. The van der Waals surface area contributed by atoms with Gasteiger partial charge in [0, 0.05) is 6.07 Å². The minimum Gasteiger partial charge on any atom is -0.398 e. The van der Waals surface area contributed by atoms with E-state index in [0.717, 1.165) is 36.4 Å². The van der Waals surface area contributed by atoms with E-state index in [9.17, 15) is 0 Å². The van der Waals surface area contributed by atoms with Crippen LogP contribution in [0, 0.1) is 0 Å². The van der Waals surface area contributed by atoms with E-state index in [4.69, 9.17) is 4.42 Å². The van der Waals surface area contributed by atoms with Gasteiger partial charge in [-0.3, -0.25) is 0 Å². The summed E-state index contributed by atoms with van der Waals surface area (Å²) < 4.78 is 8.11. The summed E-state index contributed by atoms with van der Waals surface area (Å²) in [6.07, 6.45) is 8.62. The molecular formula is C17H22NO+. The zero-order valence-corrected chi connectivity index (χ0v) is 12.0. The van der Waals surface area contributed by atoms with Crippen molar-refractivity contribution in [3.63, 3.8) is 0 Å². The molecule has 1 aromatic heterocycles. The van der Waals surface area contributed by atoms with Gasteiger partial charge in [0.05, 0.1) is 6.08 Å². The second-order valence-electron chi connectivity index (χ2n) is 4.53. The number of rotatable bonds is 5. The molecule has 0 saturated heterocycles. The van der Waals surface area contributed by atoms with E-state index in [-0.39, 0.29) is 0 Å². The molecule has 0 amide bonds. The van der Waals surface area contributed by atoms with Crippen molar-refractivity contribution in [2.45, 2.75) is 40.2 Å². The zero-order chi connectivity index (χ0) is 13.7. The zero-order valence-electron chi connectivity index (χ0n) is 12.0. The first kappa shape index (κ1) is 13.6. The standard InChI is InChI=1S/C17H22NO/c1-4-9-14(5-2)12-13-17-18(6-3)15-10-7-8-11-16(15)19-17/h7-13H,4-6H2,1-3H3/q+1/b13-12+,14-9+. The predicted molar refractivity (Wildman–Crippen MR) is 79.8 cm³/mol. The van der Waals surface area contributed by atoms with Crippen LogP contribution in [-0.2, 0) is 6.54 Å². The third-order valence-electron chi connectivity index (χ3n) is 3.27. The predicted octanol–water partition coefficient (Wildman–Crippen LogP) is 4.50. The highest BCUT2D eigenvalue weighted by Crippen LogP contribution is 2.15. The van der Waals surface area contributed by atoms with E-state index in [2.05, 4.69) is 49.6 Å². The minimum atomic E-state index is 0.912. The number of hydrogen-bond acceptors (Lipinski definition) is 1. The average molecular weight is 256 g/mol. The van der Waals surface area contributed by atoms with Gasteiger partial charge in [0.25, 0.3) is 5.52 Å². The molecule has 0 aliphatic heterocycles. The topological polar surface area (TPSA) is 17.0 Å². The van der Waals surface area contributed by atoms with E-state index in [0.29, 0.717) is 0 Å². The first-order valence-corrected chi connectivity index (χ1v) is 7.08. The van der Waals surface area contributed by atoms with E-state index in [1.54, 1.807) is 0 Å². The highest BCUT2D eigenvalue weighted by molar-refractivity contribution is 5.69. The maximum Gasteiger partial charge on any atom is 0.374 e. The Kier molecular flexibility index (Phi) is 4.56. The smallest absolute Gasteiger partial charge is 0.374 e. The van der Waals surface area contributed by atoms with Crippen molar-refractivity contribution in [2.24, 2.45) is 0 Å². The SMILES string of the molecule is CC/C=C(/C=C/c1oc2ccccc2[n+]1CC)CC. The Bertz CT molecular complexity index is 605. The van der Waals surface area contributed by atoms with Gasteiger partial charge in [-0.25, -0.2) is 0 Å². The van der Waals surface area contributed by atoms with Crippen LogP contribution in [0.5, 0.6) is 0 Å². The Hall–Kier alpha value is -1.83. The van der Waals surface area contributed by atoms with Crippen molar-refractivity contribution in [1.29, 1.82) is 0 Å². The van der Waals surface area contributed by atoms with Gasteiger partial charge < -0.3 is 4.42 Å². The monoisotopic (exact) mass is 256 g/mol. The summed E-state index contributed by atoms with van der Waals surface area (Å²) in [6, 6.07) is 8.17. The Morgan fingerprint density at radius 3 is 2.68 bits per heavy atom. The maximum absolute atomic E-state index is 5.91. The van der Waals surface area contributed by atoms with Crippen molar-refractivity contribution in [3.8, 4) is 0 Å². The number of aromatic nitrogens is 1. The van der Waals surface area contributed by atoms with Gasteiger partial charge in [-0.05, 0) is 31.9 Å². The molecule has 1 heterocycles. The van der Waals surface area contributed by atoms with Gasteiger partial charge in [0.1, 0.15) is 6.54 Å². The second kappa shape index (κ2) is 6.37. The number of fused-ring (bicyclic) bond motifs is 1. The molecular weight excluding hydrogens is 234 g/mol. The number of benzene rings is 1. The van der Waals surface area contributed by atoms with Crippen molar-refractivity contribution >= 4 is 17.2 Å². The van der Waals surface area contributed by atoms with E-state index >= 15 is 0 Å². The Balaban J connectivity index is 2.40. The van der Waals surface area contributed by atoms with Crippen LogP contribution in [0.1, 0.15) is 39.5 Å². The number of hydrogen-bond donors (Lipinski definition) is 0. The molecule has 0 radical (unpaired) electrons. The largest absolute Gasteiger partial charge is 0.398 e. The van der Waals surface area contributed by atoms with E-state index in [1.165, 1.54) is 5.57 Å². The Labute approximate surface area is 115 Å². The first-order chi connectivity index (χ1) is 9.30. The number of nitrogens with zero attached hydrogens (tertiary/aromatic N) is 1. The molecule has 2 nitrogen and oxygen atoms in total. The van der Waals surface area contributed by atoms with E-state index < -0.39 is 0 Å². The third kappa shape index (κ3) is 2.95. The van der Waals surface area contributed by atoms with Gasteiger partial charge >= 0.3 is 5.89 Å². The van der Waals surface area contributed by atoms with Crippen LogP contribution in [0.15, 0.2) is 46.4 Å². The molecule has 2 aromatic rings. The lowest BCUT2D eigenvalue weighted by Crippen LogP contribution is -2.33. The van der Waals surface area contributed by atoms with Crippen molar-refractivity contribution in [1.82, 2.24) is 0 Å². The molecule has 0 saturated carbocycles. The fourth-order valence-corrected chi connectivity index (χ4v) is 2.27. The van der Waals surface area contributed by atoms with Gasteiger partial charge in [-0.1, -0.05) is 37.6 Å². The lowest BCUT2D eigenvalue weighted by atomic mass is 10.1. The summed E-state index contributed by atoms with van der Waals surface area (Å²) in [7, 11) is 0. The van der Waals surface area contributed by atoms with E-state index in [1.807, 2.05) is 18.2 Å². The van der Waals surface area contributed by atoms with Gasteiger partial charge in [0.2, 0.25) is 5.58 Å². The normalized spacial score (nSPS) is 12.7. The van der Waals surface area contributed by atoms with Crippen LogP contribution in [-0.4, -0.2) is 0 Å². The molecule has 0 bridgehead atoms. The quantitative estimate of drug-likeness (QED) is 0.568. The summed E-state index contributed by atoms with van der Waals surface area (Å²) >= 11 is 0. The molecule has 0 N–H and O–H groups in total. The van der Waals surface area contributed by atoms with Crippen LogP contribution in [0.25, 0.3) is 17.2 Å². The van der Waals surface area contributed by atoms with Gasteiger partial charge in [0.15, 0.2) is 0 Å². The summed E-state index contributed by atoms with van der Waals surface area (Å²) in [5.74, 6) is 0.916. The number of allylic oxidation sites excluding steroid dienone is 3. The lowest BCUT2D eigenvalue weighted by Gasteiger charge is -1.94. The number of aryl methyl sites for hydroxylation is 1. The van der Waals surface area contributed by atoms with Crippen LogP contribution in [0.3, 0.4) is 0 Å². The lowest BCUT2D eigenvalue weighted by molar-refractivity contribution is -0.674. The highest BCUT2D eigenvalue weighted by Gasteiger charge is 2.17. The minimum absolute atomic E-state index is 0.912. The molecule has 2 rings (SSSR count). The van der Waals surface area contributed by atoms with Crippen molar-refractivity contribution < 1.29 is 8.98 Å². The van der Waals surface area contributed by atoms with Crippen LogP contribution >= 0.6 is 0 Å². The fourth-order valence-electron chi connectivity index (χ4n) is 2.27.